The molecule has 0 saturated carbocycles. The van der Waals surface area contributed by atoms with Gasteiger partial charge in [0.15, 0.2) is 28.1 Å². The van der Waals surface area contributed by atoms with Gasteiger partial charge in [-0.2, -0.15) is 0 Å². The first-order valence-corrected chi connectivity index (χ1v) is 11.7. The fourth-order valence-electron chi connectivity index (χ4n) is 4.69. The number of nitrogens with zero attached hydrogens (tertiary/aromatic N) is 1. The number of carbonyl (C=O) groups is 1. The zero-order valence-electron chi connectivity index (χ0n) is 19.2. The second-order valence-electron chi connectivity index (χ2n) is 7.86. The van der Waals surface area contributed by atoms with Crippen LogP contribution in [-0.4, -0.2) is 32.1 Å². The average molecular weight is 478 g/mol. The zero-order chi connectivity index (χ0) is 24.1. The molecular formula is C27H27NO5S. The Morgan fingerprint density at radius 3 is 2.59 bits per heavy atom. The Kier molecular flexibility index (Phi) is 7.38. The summed E-state index contributed by atoms with van der Waals surface area (Å²) in [7, 11) is 1.70. The first kappa shape index (κ1) is 23.6. The molecule has 0 radical (unpaired) electrons. The van der Waals surface area contributed by atoms with Crippen LogP contribution < -0.4 is 18.9 Å². The number of thiophene rings is 1. The minimum Gasteiger partial charge on any atom is -0.493 e. The van der Waals surface area contributed by atoms with Gasteiger partial charge in [0, 0.05) is 24.7 Å². The van der Waals surface area contributed by atoms with Gasteiger partial charge in [-0.15, -0.1) is 17.1 Å². The van der Waals surface area contributed by atoms with E-state index < -0.39 is 0 Å². The van der Waals surface area contributed by atoms with E-state index in [-0.39, 0.29) is 0 Å². The van der Waals surface area contributed by atoms with Crippen LogP contribution in [0.5, 0.6) is 28.1 Å². The van der Waals surface area contributed by atoms with Crippen LogP contribution >= 0.6 is 11.3 Å². The van der Waals surface area contributed by atoms with Crippen molar-refractivity contribution in [3.05, 3.63) is 82.9 Å². The van der Waals surface area contributed by atoms with Crippen molar-refractivity contribution in [2.75, 3.05) is 20.4 Å². The molecule has 176 valence electrons. The Morgan fingerprint density at radius 1 is 1.12 bits per heavy atom. The molecule has 0 N–H and O–H groups in total. The normalized spacial score (nSPS) is 16.8. The molecule has 0 saturated heterocycles. The lowest BCUT2D eigenvalue weighted by atomic mass is 9.83. The molecule has 34 heavy (non-hydrogen) atoms. The third kappa shape index (κ3) is 4.46. The number of rotatable bonds is 3. The lowest BCUT2D eigenvalue weighted by Crippen LogP contribution is -2.39. The van der Waals surface area contributed by atoms with E-state index in [1.807, 2.05) is 30.4 Å². The minimum absolute atomic E-state index is 0.318. The highest BCUT2D eigenvalue weighted by molar-refractivity contribution is 7.11. The molecule has 0 aliphatic carbocycles. The lowest BCUT2D eigenvalue weighted by Gasteiger charge is -2.42. The molecule has 2 aromatic carbocycles. The van der Waals surface area contributed by atoms with Crippen molar-refractivity contribution in [3.8, 4) is 28.1 Å². The van der Waals surface area contributed by atoms with Gasteiger partial charge >= 0.3 is 0 Å². The van der Waals surface area contributed by atoms with Crippen molar-refractivity contribution in [1.82, 2.24) is 4.90 Å². The number of carbonyl (C=O) groups excluding carboxylic acids is 1. The van der Waals surface area contributed by atoms with Gasteiger partial charge in [0.1, 0.15) is 6.79 Å². The van der Waals surface area contributed by atoms with Crippen molar-refractivity contribution in [3.63, 3.8) is 0 Å². The van der Waals surface area contributed by atoms with Crippen LogP contribution in [0.25, 0.3) is 0 Å². The monoisotopic (exact) mass is 477 g/mol. The van der Waals surface area contributed by atoms with Gasteiger partial charge in [-0.05, 0) is 65.2 Å². The van der Waals surface area contributed by atoms with Crippen molar-refractivity contribution < 1.29 is 23.7 Å². The Labute approximate surface area is 203 Å². The maximum absolute atomic E-state index is 8.00. The summed E-state index contributed by atoms with van der Waals surface area (Å²) < 4.78 is 23.1. The molecule has 3 aliphatic heterocycles. The van der Waals surface area contributed by atoms with Crippen molar-refractivity contribution in [2.45, 2.75) is 25.4 Å². The molecule has 0 spiro atoms. The van der Waals surface area contributed by atoms with E-state index in [1.54, 1.807) is 18.4 Å². The summed E-state index contributed by atoms with van der Waals surface area (Å²) in [4.78, 5) is 10.5. The molecule has 4 heterocycles. The van der Waals surface area contributed by atoms with Gasteiger partial charge in [0.25, 0.3) is 0 Å². The van der Waals surface area contributed by atoms with Gasteiger partial charge in [-0.1, -0.05) is 19.2 Å². The smallest absolute Gasteiger partial charge is 0.231 e. The highest BCUT2D eigenvalue weighted by atomic mass is 32.1. The summed E-state index contributed by atoms with van der Waals surface area (Å²) >= 11 is 1.60. The molecule has 6 nitrogen and oxygen atoms in total. The first-order valence-electron chi connectivity index (χ1n) is 10.9. The summed E-state index contributed by atoms with van der Waals surface area (Å²) in [5, 5.41) is 2.91. The Morgan fingerprint density at radius 2 is 1.88 bits per heavy atom. The largest absolute Gasteiger partial charge is 0.493 e. The molecule has 1 aromatic heterocycles. The second kappa shape index (κ2) is 10.6. The van der Waals surface area contributed by atoms with Crippen LogP contribution in [0.15, 0.2) is 60.7 Å². The zero-order valence-corrected chi connectivity index (χ0v) is 20.0. The van der Waals surface area contributed by atoms with Gasteiger partial charge < -0.3 is 23.7 Å². The van der Waals surface area contributed by atoms with E-state index in [1.165, 1.54) is 22.3 Å². The van der Waals surface area contributed by atoms with Gasteiger partial charge in [0.2, 0.25) is 6.79 Å². The number of hydrogen-bond donors (Lipinski definition) is 0. The number of ether oxygens (including phenoxy) is 4. The average Bonchev–Trinajstić information content (AvgIpc) is 3.55. The molecule has 1 unspecified atom stereocenters. The number of methoxy groups -OCH3 is 1. The second-order valence-corrected chi connectivity index (χ2v) is 8.77. The lowest BCUT2D eigenvalue weighted by molar-refractivity contribution is -0.0979. The molecule has 0 fully saturated rings. The highest BCUT2D eigenvalue weighted by Gasteiger charge is 2.35. The van der Waals surface area contributed by atoms with Crippen LogP contribution in [-0.2, 0) is 24.2 Å². The standard InChI is InChI=1S/C23H21NO4S.C3H4.CH2O/c1-25-19-5-4-14-9-18-16-11-21-20(26-13-27-21)10-15(16)6-7-24(18)12-17(14)23(19)28-22-3-2-8-29-22;1-3-2;1-2/h2-5,8,10-11,18H,6-7,9,12-13H2,1H3;1-2H2;1H2. The van der Waals surface area contributed by atoms with E-state index in [0.717, 1.165) is 54.0 Å². The third-order valence-corrected chi connectivity index (χ3v) is 6.86. The number of hydrogen-bond acceptors (Lipinski definition) is 7. The quantitative estimate of drug-likeness (QED) is 0.451. The van der Waals surface area contributed by atoms with E-state index in [4.69, 9.17) is 23.7 Å². The minimum atomic E-state index is 0.318. The summed E-state index contributed by atoms with van der Waals surface area (Å²) in [6, 6.07) is 12.9. The van der Waals surface area contributed by atoms with Crippen molar-refractivity contribution >= 4 is 18.1 Å². The highest BCUT2D eigenvalue weighted by Crippen LogP contribution is 2.47. The van der Waals surface area contributed by atoms with Crippen molar-refractivity contribution in [2.24, 2.45) is 0 Å². The third-order valence-electron chi connectivity index (χ3n) is 6.12. The predicted octanol–water partition coefficient (Wildman–Crippen LogP) is 5.71. The molecular weight excluding hydrogens is 450 g/mol. The summed E-state index contributed by atoms with van der Waals surface area (Å²) in [5.41, 5.74) is 7.55. The fourth-order valence-corrected chi connectivity index (χ4v) is 5.27. The Hall–Kier alpha value is -3.51. The number of benzene rings is 2. The topological polar surface area (TPSA) is 57.2 Å². The first-order chi connectivity index (χ1) is 16.7. The van der Waals surface area contributed by atoms with Gasteiger partial charge in [-0.25, -0.2) is 0 Å². The molecule has 0 amide bonds. The van der Waals surface area contributed by atoms with Crippen LogP contribution in [0.4, 0.5) is 0 Å². The SMILES string of the molecule is C=C=C.C=O.COc1ccc2c(c1Oc1cccs1)CN1CCc3cc4c(cc3C1C2)OCO4. The van der Waals surface area contributed by atoms with Gasteiger partial charge in [0.05, 0.1) is 7.11 Å². The molecule has 1 atom stereocenters. The summed E-state index contributed by atoms with van der Waals surface area (Å²) in [5.74, 6) is 3.39. The van der Waals surface area contributed by atoms with Crippen LogP contribution in [0.1, 0.15) is 28.3 Å². The number of fused-ring (bicyclic) bond motifs is 5. The van der Waals surface area contributed by atoms with Gasteiger partial charge in [-0.3, -0.25) is 4.90 Å². The van der Waals surface area contributed by atoms with E-state index in [2.05, 4.69) is 42.0 Å². The molecule has 7 heteroatoms. The molecule has 3 aromatic rings. The van der Waals surface area contributed by atoms with E-state index in [0.29, 0.717) is 12.8 Å². The predicted molar refractivity (Wildman–Crippen MR) is 132 cm³/mol. The molecule has 6 rings (SSSR count). The maximum atomic E-state index is 8.00. The van der Waals surface area contributed by atoms with Crippen molar-refractivity contribution in [1.29, 1.82) is 0 Å². The van der Waals surface area contributed by atoms with Crippen LogP contribution in [0.2, 0.25) is 0 Å². The molecule has 3 aliphatic rings. The maximum Gasteiger partial charge on any atom is 0.231 e. The Bertz CT molecular complexity index is 1180. The summed E-state index contributed by atoms with van der Waals surface area (Å²) in [6.07, 6.45) is 1.97. The van der Waals surface area contributed by atoms with E-state index in [9.17, 15) is 0 Å². The van der Waals surface area contributed by atoms with Crippen LogP contribution in [0, 0.1) is 0 Å². The van der Waals surface area contributed by atoms with E-state index >= 15 is 0 Å². The fraction of sp³-hybridized carbons (Fsp3) is 0.259. The Balaban J connectivity index is 0.000000510. The summed E-state index contributed by atoms with van der Waals surface area (Å²) in [6.45, 7) is 10.4. The van der Waals surface area contributed by atoms with Crippen LogP contribution in [0.3, 0.4) is 0 Å². The molecule has 0 bridgehead atoms.